The molecule has 0 unspecified atom stereocenters. The van der Waals surface area contributed by atoms with Crippen molar-refractivity contribution in [2.24, 2.45) is 0 Å². The Hall–Kier alpha value is -2.93. The average Bonchev–Trinajstić information content (AvgIpc) is 3.39. The summed E-state index contributed by atoms with van der Waals surface area (Å²) in [4.78, 5) is 6.86. The molecular weight excluding hydrogens is 369 g/mol. The fourth-order valence-electron chi connectivity index (χ4n) is 3.87. The molecule has 3 heterocycles. The number of halogens is 1. The van der Waals surface area contributed by atoms with Crippen molar-refractivity contribution in [1.82, 2.24) is 20.1 Å². The molecule has 2 aromatic heterocycles. The predicted molar refractivity (Wildman–Crippen MR) is 110 cm³/mol. The molecule has 2 N–H and O–H groups in total. The number of hydrogen-bond acceptors (Lipinski definition) is 5. The lowest BCUT2D eigenvalue weighted by Gasteiger charge is -2.23. The van der Waals surface area contributed by atoms with Gasteiger partial charge in [-0.3, -0.25) is 10.00 Å². The Labute approximate surface area is 170 Å². The number of rotatable bonds is 8. The monoisotopic (exact) mass is 395 g/mol. The van der Waals surface area contributed by atoms with Crippen molar-refractivity contribution in [3.05, 3.63) is 71.4 Å². The summed E-state index contributed by atoms with van der Waals surface area (Å²) in [6.45, 7) is 2.28. The highest BCUT2D eigenvalue weighted by Crippen LogP contribution is 2.33. The Kier molecular flexibility index (Phi) is 6.05. The van der Waals surface area contributed by atoms with E-state index in [9.17, 15) is 4.39 Å². The van der Waals surface area contributed by atoms with Crippen LogP contribution in [0.4, 0.5) is 10.2 Å². The van der Waals surface area contributed by atoms with Crippen molar-refractivity contribution in [2.45, 2.75) is 31.8 Å². The number of aromatic amines is 1. The minimum Gasteiger partial charge on any atom is -0.490 e. The van der Waals surface area contributed by atoms with Crippen molar-refractivity contribution < 1.29 is 9.13 Å². The van der Waals surface area contributed by atoms with Crippen LogP contribution >= 0.6 is 0 Å². The van der Waals surface area contributed by atoms with Gasteiger partial charge in [0.25, 0.3) is 0 Å². The van der Waals surface area contributed by atoms with Crippen molar-refractivity contribution in [1.29, 1.82) is 0 Å². The van der Waals surface area contributed by atoms with E-state index < -0.39 is 0 Å². The Morgan fingerprint density at radius 3 is 3.03 bits per heavy atom. The summed E-state index contributed by atoms with van der Waals surface area (Å²) in [6, 6.07) is 13.0. The van der Waals surface area contributed by atoms with Crippen LogP contribution in [0.25, 0.3) is 0 Å². The largest absolute Gasteiger partial charge is 0.490 e. The number of para-hydroxylation sites is 1. The lowest BCUT2D eigenvalue weighted by atomic mass is 10.1. The lowest BCUT2D eigenvalue weighted by Crippen LogP contribution is -2.23. The van der Waals surface area contributed by atoms with Crippen LogP contribution in [0, 0.1) is 5.82 Å². The van der Waals surface area contributed by atoms with Gasteiger partial charge in [-0.25, -0.2) is 9.37 Å². The smallest absolute Gasteiger partial charge is 0.165 e. The Morgan fingerprint density at radius 1 is 1.28 bits per heavy atom. The van der Waals surface area contributed by atoms with E-state index in [1.165, 1.54) is 11.6 Å². The van der Waals surface area contributed by atoms with Gasteiger partial charge in [-0.15, -0.1) is 0 Å². The summed E-state index contributed by atoms with van der Waals surface area (Å²) in [6.07, 6.45) is 4.70. The van der Waals surface area contributed by atoms with Gasteiger partial charge in [0.15, 0.2) is 11.6 Å². The second-order valence-corrected chi connectivity index (χ2v) is 7.24. The quantitative estimate of drug-likeness (QED) is 0.605. The van der Waals surface area contributed by atoms with E-state index in [-0.39, 0.29) is 17.6 Å². The maximum Gasteiger partial charge on any atom is 0.165 e. The highest BCUT2D eigenvalue weighted by Gasteiger charge is 2.28. The van der Waals surface area contributed by atoms with E-state index >= 15 is 0 Å². The normalized spacial score (nSPS) is 16.8. The zero-order valence-electron chi connectivity index (χ0n) is 16.6. The van der Waals surface area contributed by atoms with Gasteiger partial charge in [-0.2, -0.15) is 5.10 Å². The molecule has 4 rings (SSSR count). The fourth-order valence-corrected chi connectivity index (χ4v) is 3.87. The predicted octanol–water partition coefficient (Wildman–Crippen LogP) is 3.94. The van der Waals surface area contributed by atoms with Crippen LogP contribution in [-0.4, -0.2) is 40.3 Å². The summed E-state index contributed by atoms with van der Waals surface area (Å²) < 4.78 is 19.2. The minimum atomic E-state index is -0.337. The Balaban J connectivity index is 1.37. The van der Waals surface area contributed by atoms with Crippen LogP contribution in [0.1, 0.15) is 35.8 Å². The standard InChI is InChI=1S/C22H26FN5O/c1-24-22-16(6-4-11-25-22)15-28-12-5-8-20(28)19-14-17(26-27-19)10-13-29-21-9-3-2-7-18(21)23/h2-4,6-7,9,11,14,20H,5,8,10,12-13,15H2,1H3,(H,24,25)(H,26,27)/t20-/m0/s1. The van der Waals surface area contributed by atoms with Crippen molar-refractivity contribution in [3.63, 3.8) is 0 Å². The summed E-state index contributed by atoms with van der Waals surface area (Å²) in [7, 11) is 1.90. The molecule has 1 fully saturated rings. The van der Waals surface area contributed by atoms with Gasteiger partial charge in [0, 0.05) is 37.5 Å². The van der Waals surface area contributed by atoms with E-state index in [0.717, 1.165) is 43.1 Å². The van der Waals surface area contributed by atoms with Crippen LogP contribution in [0.15, 0.2) is 48.7 Å². The maximum atomic E-state index is 13.6. The average molecular weight is 395 g/mol. The van der Waals surface area contributed by atoms with E-state index in [2.05, 4.69) is 37.5 Å². The molecule has 0 spiro atoms. The van der Waals surface area contributed by atoms with Crippen LogP contribution in [-0.2, 0) is 13.0 Å². The number of hydrogen-bond donors (Lipinski definition) is 2. The van der Waals surface area contributed by atoms with Crippen LogP contribution in [0.5, 0.6) is 5.75 Å². The Morgan fingerprint density at radius 2 is 2.17 bits per heavy atom. The Bertz CT molecular complexity index is 944. The number of nitrogens with zero attached hydrogens (tertiary/aromatic N) is 3. The number of pyridine rings is 1. The highest BCUT2D eigenvalue weighted by atomic mass is 19.1. The molecule has 1 aliphatic heterocycles. The molecule has 1 saturated heterocycles. The van der Waals surface area contributed by atoms with E-state index in [0.29, 0.717) is 13.0 Å². The highest BCUT2D eigenvalue weighted by molar-refractivity contribution is 5.43. The van der Waals surface area contributed by atoms with Gasteiger partial charge in [0.2, 0.25) is 0 Å². The number of likely N-dealkylation sites (tertiary alicyclic amines) is 1. The number of aromatic nitrogens is 3. The molecule has 0 radical (unpaired) electrons. The molecule has 6 nitrogen and oxygen atoms in total. The van der Waals surface area contributed by atoms with Crippen molar-refractivity contribution in [2.75, 3.05) is 25.5 Å². The molecule has 1 atom stereocenters. The summed E-state index contributed by atoms with van der Waals surface area (Å²) in [5.74, 6) is 0.868. The molecule has 0 amide bonds. The lowest BCUT2D eigenvalue weighted by molar-refractivity contribution is 0.244. The van der Waals surface area contributed by atoms with E-state index in [1.807, 2.05) is 13.1 Å². The van der Waals surface area contributed by atoms with Crippen LogP contribution < -0.4 is 10.1 Å². The van der Waals surface area contributed by atoms with Crippen LogP contribution in [0.2, 0.25) is 0 Å². The van der Waals surface area contributed by atoms with Crippen molar-refractivity contribution >= 4 is 5.82 Å². The topological polar surface area (TPSA) is 66.1 Å². The van der Waals surface area contributed by atoms with E-state index in [1.54, 1.807) is 24.4 Å². The van der Waals surface area contributed by atoms with Gasteiger partial charge < -0.3 is 10.1 Å². The number of anilines is 1. The first kappa shape index (κ1) is 19.4. The van der Waals surface area contributed by atoms with Gasteiger partial charge in [-0.1, -0.05) is 18.2 Å². The van der Waals surface area contributed by atoms with Crippen LogP contribution in [0.3, 0.4) is 0 Å². The first-order valence-electron chi connectivity index (χ1n) is 10.0. The fraction of sp³-hybridized carbons (Fsp3) is 0.364. The summed E-state index contributed by atoms with van der Waals surface area (Å²) in [5.41, 5.74) is 3.25. The second kappa shape index (κ2) is 9.05. The zero-order valence-corrected chi connectivity index (χ0v) is 16.6. The van der Waals surface area contributed by atoms with Gasteiger partial charge in [0.1, 0.15) is 5.82 Å². The van der Waals surface area contributed by atoms with Gasteiger partial charge >= 0.3 is 0 Å². The molecule has 7 heteroatoms. The summed E-state index contributed by atoms with van der Waals surface area (Å²) in [5, 5.41) is 10.8. The van der Waals surface area contributed by atoms with E-state index in [4.69, 9.17) is 4.74 Å². The number of ether oxygens (including phenoxy) is 1. The molecule has 1 aliphatic rings. The third-order valence-electron chi connectivity index (χ3n) is 5.32. The number of benzene rings is 1. The molecule has 0 saturated carbocycles. The third kappa shape index (κ3) is 4.56. The third-order valence-corrected chi connectivity index (χ3v) is 5.32. The number of H-pyrrole nitrogens is 1. The van der Waals surface area contributed by atoms with Gasteiger partial charge in [-0.05, 0) is 43.7 Å². The molecule has 152 valence electrons. The van der Waals surface area contributed by atoms with Gasteiger partial charge in [0.05, 0.1) is 18.3 Å². The molecule has 29 heavy (non-hydrogen) atoms. The number of nitrogens with one attached hydrogen (secondary N) is 2. The first-order chi connectivity index (χ1) is 14.2. The second-order valence-electron chi connectivity index (χ2n) is 7.24. The zero-order chi connectivity index (χ0) is 20.1. The molecule has 3 aromatic rings. The van der Waals surface area contributed by atoms with Crippen molar-refractivity contribution in [3.8, 4) is 5.75 Å². The maximum absolute atomic E-state index is 13.6. The first-order valence-corrected chi connectivity index (χ1v) is 10.0. The molecule has 0 bridgehead atoms. The summed E-state index contributed by atoms with van der Waals surface area (Å²) >= 11 is 0. The SMILES string of the molecule is CNc1ncccc1CN1CCC[C@H]1c1cc(CCOc2ccccc2F)[nH]n1. The molecular formula is C22H26FN5O. The molecule has 0 aliphatic carbocycles. The molecule has 1 aromatic carbocycles. The minimum absolute atomic E-state index is 0.283.